The molecule has 1 fully saturated rings. The van der Waals surface area contributed by atoms with Gasteiger partial charge in [0.05, 0.1) is 5.56 Å². The van der Waals surface area contributed by atoms with Crippen LogP contribution >= 0.6 is 0 Å². The first kappa shape index (κ1) is 10.0. The van der Waals surface area contributed by atoms with Gasteiger partial charge in [-0.2, -0.15) is 0 Å². The van der Waals surface area contributed by atoms with Crippen LogP contribution in [0, 0.1) is 12.8 Å². The Morgan fingerprint density at radius 1 is 1.47 bits per heavy atom. The van der Waals surface area contributed by atoms with Gasteiger partial charge in [0, 0.05) is 6.04 Å². The molecule has 82 valence electrons. The topological polar surface area (TPSA) is 75.1 Å². The third-order valence-electron chi connectivity index (χ3n) is 3.05. The molecule has 5 heteroatoms. The highest BCUT2D eigenvalue weighted by Crippen LogP contribution is 2.39. The molecule has 1 saturated carbocycles. The molecule has 1 atom stereocenters. The van der Waals surface area contributed by atoms with Crippen molar-refractivity contribution >= 4 is 0 Å². The molecule has 0 aromatic carbocycles. The van der Waals surface area contributed by atoms with Gasteiger partial charge in [0.2, 0.25) is 5.88 Å². The number of aromatic hydroxyl groups is 1. The lowest BCUT2D eigenvalue weighted by Gasteiger charge is -2.16. The molecule has 2 N–H and O–H groups in total. The minimum Gasteiger partial charge on any atom is -0.494 e. The fraction of sp³-hybridized carbons (Fsp3) is 0.600. The van der Waals surface area contributed by atoms with Crippen LogP contribution in [0.25, 0.3) is 0 Å². The monoisotopic (exact) mass is 210 g/mol. The van der Waals surface area contributed by atoms with Crippen molar-refractivity contribution in [1.29, 1.82) is 0 Å². The van der Waals surface area contributed by atoms with Crippen LogP contribution in [0.1, 0.15) is 31.4 Å². The lowest BCUT2D eigenvalue weighted by Crippen LogP contribution is -2.33. The SMILES string of the molecule is Cc1c(O)n(C(C)C2CC2)c(=O)[nH]c1=O. The highest BCUT2D eigenvalue weighted by molar-refractivity contribution is 5.21. The van der Waals surface area contributed by atoms with Gasteiger partial charge in [0.1, 0.15) is 0 Å². The zero-order chi connectivity index (χ0) is 11.2. The summed E-state index contributed by atoms with van der Waals surface area (Å²) >= 11 is 0. The Hall–Kier alpha value is -1.52. The molecule has 2 rings (SSSR count). The molecule has 1 aromatic heterocycles. The molecule has 0 bridgehead atoms. The normalized spacial score (nSPS) is 17.7. The molecule has 1 aromatic rings. The number of aromatic amines is 1. The van der Waals surface area contributed by atoms with Crippen LogP contribution < -0.4 is 11.2 Å². The Balaban J connectivity index is 2.59. The van der Waals surface area contributed by atoms with E-state index in [1.807, 2.05) is 6.92 Å². The maximum atomic E-state index is 11.5. The predicted octanol–water partition coefficient (Wildman–Crippen LogP) is 0.522. The molecular weight excluding hydrogens is 196 g/mol. The molecular formula is C10H14N2O3. The van der Waals surface area contributed by atoms with Crippen molar-refractivity contribution in [2.24, 2.45) is 5.92 Å². The van der Waals surface area contributed by atoms with E-state index in [-0.39, 0.29) is 17.5 Å². The zero-order valence-electron chi connectivity index (χ0n) is 8.78. The fourth-order valence-electron chi connectivity index (χ4n) is 1.80. The van der Waals surface area contributed by atoms with Crippen LogP contribution in [0.15, 0.2) is 9.59 Å². The first-order valence-electron chi connectivity index (χ1n) is 5.06. The number of rotatable bonds is 2. The number of nitrogens with one attached hydrogen (secondary N) is 1. The van der Waals surface area contributed by atoms with Gasteiger partial charge in [-0.15, -0.1) is 0 Å². The number of hydrogen-bond donors (Lipinski definition) is 2. The first-order valence-corrected chi connectivity index (χ1v) is 5.06. The largest absolute Gasteiger partial charge is 0.494 e. The first-order chi connectivity index (χ1) is 7.02. The van der Waals surface area contributed by atoms with Gasteiger partial charge in [0.15, 0.2) is 0 Å². The van der Waals surface area contributed by atoms with Crippen molar-refractivity contribution in [3.63, 3.8) is 0 Å². The van der Waals surface area contributed by atoms with Gasteiger partial charge in [0.25, 0.3) is 5.56 Å². The summed E-state index contributed by atoms with van der Waals surface area (Å²) in [6.07, 6.45) is 2.15. The zero-order valence-corrected chi connectivity index (χ0v) is 8.78. The van der Waals surface area contributed by atoms with Crippen molar-refractivity contribution in [1.82, 2.24) is 9.55 Å². The molecule has 1 aliphatic rings. The molecule has 0 aliphatic heterocycles. The smallest absolute Gasteiger partial charge is 0.331 e. The summed E-state index contributed by atoms with van der Waals surface area (Å²) in [5.74, 6) is 0.238. The summed E-state index contributed by atoms with van der Waals surface area (Å²) in [6, 6.07) is -0.0481. The summed E-state index contributed by atoms with van der Waals surface area (Å²) < 4.78 is 1.27. The van der Waals surface area contributed by atoms with Crippen molar-refractivity contribution in [2.75, 3.05) is 0 Å². The molecule has 0 radical (unpaired) electrons. The van der Waals surface area contributed by atoms with Crippen LogP contribution in [0.5, 0.6) is 5.88 Å². The van der Waals surface area contributed by atoms with Crippen LogP contribution in [0.3, 0.4) is 0 Å². The Kier molecular flexibility index (Phi) is 2.17. The summed E-state index contributed by atoms with van der Waals surface area (Å²) in [6.45, 7) is 3.39. The van der Waals surface area contributed by atoms with Gasteiger partial charge < -0.3 is 5.11 Å². The summed E-state index contributed by atoms with van der Waals surface area (Å²) in [4.78, 5) is 24.9. The van der Waals surface area contributed by atoms with Gasteiger partial charge in [-0.1, -0.05) is 0 Å². The predicted molar refractivity (Wildman–Crippen MR) is 55.2 cm³/mol. The Morgan fingerprint density at radius 2 is 2.07 bits per heavy atom. The van der Waals surface area contributed by atoms with Crippen molar-refractivity contribution in [3.05, 3.63) is 26.4 Å². The number of aromatic nitrogens is 2. The average molecular weight is 210 g/mol. The van der Waals surface area contributed by atoms with Gasteiger partial charge in [-0.25, -0.2) is 4.79 Å². The van der Waals surface area contributed by atoms with E-state index in [4.69, 9.17) is 0 Å². The number of nitrogens with zero attached hydrogens (tertiary/aromatic N) is 1. The molecule has 5 nitrogen and oxygen atoms in total. The third-order valence-corrected chi connectivity index (χ3v) is 3.05. The Bertz CT molecular complexity index is 496. The second kappa shape index (κ2) is 3.25. The van der Waals surface area contributed by atoms with E-state index in [1.165, 1.54) is 11.5 Å². The van der Waals surface area contributed by atoms with Crippen molar-refractivity contribution in [2.45, 2.75) is 32.7 Å². The highest BCUT2D eigenvalue weighted by atomic mass is 16.3. The standard InChI is InChI=1S/C10H14N2O3/c1-5-8(13)11-10(15)12(9(5)14)6(2)7-3-4-7/h6-7,14H,3-4H2,1-2H3,(H,11,13,15). The van der Waals surface area contributed by atoms with Gasteiger partial charge in [-0.3, -0.25) is 14.3 Å². The third kappa shape index (κ3) is 1.58. The maximum Gasteiger partial charge on any atom is 0.331 e. The lowest BCUT2D eigenvalue weighted by atomic mass is 10.2. The quantitative estimate of drug-likeness (QED) is 0.747. The minimum absolute atomic E-state index is 0.0481. The van der Waals surface area contributed by atoms with E-state index >= 15 is 0 Å². The second-order valence-electron chi connectivity index (χ2n) is 4.16. The van der Waals surface area contributed by atoms with E-state index in [1.54, 1.807) is 0 Å². The van der Waals surface area contributed by atoms with E-state index in [9.17, 15) is 14.7 Å². The van der Waals surface area contributed by atoms with Crippen LogP contribution in [0.4, 0.5) is 0 Å². The van der Waals surface area contributed by atoms with E-state index in [0.29, 0.717) is 5.92 Å². The molecule has 0 spiro atoms. The number of H-pyrrole nitrogens is 1. The second-order valence-corrected chi connectivity index (χ2v) is 4.16. The molecule has 0 amide bonds. The lowest BCUT2D eigenvalue weighted by molar-refractivity contribution is 0.350. The maximum absolute atomic E-state index is 11.5. The average Bonchev–Trinajstić information content (AvgIpc) is 2.97. The van der Waals surface area contributed by atoms with Gasteiger partial charge in [-0.05, 0) is 32.6 Å². The Labute approximate surface area is 86.4 Å². The molecule has 1 heterocycles. The summed E-state index contributed by atoms with van der Waals surface area (Å²) in [5.41, 5.74) is -0.846. The van der Waals surface area contributed by atoms with Crippen LogP contribution in [-0.2, 0) is 0 Å². The van der Waals surface area contributed by atoms with Crippen LogP contribution in [-0.4, -0.2) is 14.7 Å². The Morgan fingerprint density at radius 3 is 2.60 bits per heavy atom. The fourth-order valence-corrected chi connectivity index (χ4v) is 1.80. The minimum atomic E-state index is -0.525. The molecule has 15 heavy (non-hydrogen) atoms. The van der Waals surface area contributed by atoms with E-state index < -0.39 is 11.2 Å². The summed E-state index contributed by atoms with van der Waals surface area (Å²) in [5, 5.41) is 9.75. The van der Waals surface area contributed by atoms with Crippen LogP contribution in [0.2, 0.25) is 0 Å². The summed E-state index contributed by atoms with van der Waals surface area (Å²) in [7, 11) is 0. The number of hydrogen-bond acceptors (Lipinski definition) is 3. The highest BCUT2D eigenvalue weighted by Gasteiger charge is 2.31. The van der Waals surface area contributed by atoms with E-state index in [0.717, 1.165) is 12.8 Å². The van der Waals surface area contributed by atoms with E-state index in [2.05, 4.69) is 4.98 Å². The van der Waals surface area contributed by atoms with Crippen molar-refractivity contribution in [3.8, 4) is 5.88 Å². The molecule has 1 unspecified atom stereocenters. The molecule has 0 saturated heterocycles. The molecule has 1 aliphatic carbocycles. The van der Waals surface area contributed by atoms with Gasteiger partial charge >= 0.3 is 5.69 Å². The van der Waals surface area contributed by atoms with Crippen molar-refractivity contribution < 1.29 is 5.11 Å².